The van der Waals surface area contributed by atoms with Crippen LogP contribution in [0, 0.1) is 5.92 Å². The van der Waals surface area contributed by atoms with Gasteiger partial charge in [0.2, 0.25) is 0 Å². The van der Waals surface area contributed by atoms with E-state index in [1.54, 1.807) is 0 Å². The number of hydrogen-bond acceptors (Lipinski definition) is 2. The second kappa shape index (κ2) is 5.38. The van der Waals surface area contributed by atoms with Gasteiger partial charge in [-0.05, 0) is 38.0 Å². The summed E-state index contributed by atoms with van der Waals surface area (Å²) < 4.78 is 0. The molecule has 0 heterocycles. The molecule has 0 aromatic heterocycles. The van der Waals surface area contributed by atoms with Crippen molar-refractivity contribution in [1.29, 1.82) is 0 Å². The van der Waals surface area contributed by atoms with Crippen molar-refractivity contribution in [2.24, 2.45) is 5.92 Å². The zero-order valence-corrected chi connectivity index (χ0v) is 10.0. The van der Waals surface area contributed by atoms with Gasteiger partial charge in [-0.25, -0.2) is 4.79 Å². The number of rotatable bonds is 6. The van der Waals surface area contributed by atoms with Gasteiger partial charge in [0.15, 0.2) is 0 Å². The first-order valence-corrected chi connectivity index (χ1v) is 6.43. The standard InChI is InChI=1S/C12H20N2O3/c15-11(16)6-7-13-12(17)14(8-9-4-5-9)10-2-1-3-10/h9-10H,1-8H2,(H,13,17)(H,15,16). The molecule has 2 aliphatic carbocycles. The Morgan fingerprint density at radius 2 is 1.94 bits per heavy atom. The maximum Gasteiger partial charge on any atom is 0.317 e. The summed E-state index contributed by atoms with van der Waals surface area (Å²) >= 11 is 0. The van der Waals surface area contributed by atoms with Crippen LogP contribution in [-0.4, -0.2) is 41.1 Å². The summed E-state index contributed by atoms with van der Waals surface area (Å²) in [6.45, 7) is 1.08. The van der Waals surface area contributed by atoms with Crippen LogP contribution in [0.2, 0.25) is 0 Å². The first kappa shape index (κ1) is 12.2. The molecule has 0 saturated heterocycles. The molecule has 2 rings (SSSR count). The van der Waals surface area contributed by atoms with Gasteiger partial charge in [-0.3, -0.25) is 4.79 Å². The van der Waals surface area contributed by atoms with E-state index in [2.05, 4.69) is 5.32 Å². The normalized spacial score (nSPS) is 19.5. The van der Waals surface area contributed by atoms with E-state index in [1.807, 2.05) is 4.90 Å². The van der Waals surface area contributed by atoms with Crippen LogP contribution in [0.1, 0.15) is 38.5 Å². The van der Waals surface area contributed by atoms with Crippen molar-refractivity contribution in [3.8, 4) is 0 Å². The molecule has 17 heavy (non-hydrogen) atoms. The minimum atomic E-state index is -0.873. The predicted octanol–water partition coefficient (Wildman–Crippen LogP) is 1.44. The molecule has 2 amide bonds. The van der Waals surface area contributed by atoms with E-state index in [0.717, 1.165) is 19.4 Å². The Morgan fingerprint density at radius 1 is 1.24 bits per heavy atom. The third kappa shape index (κ3) is 3.61. The summed E-state index contributed by atoms with van der Waals surface area (Å²) in [4.78, 5) is 24.2. The molecule has 5 heteroatoms. The van der Waals surface area contributed by atoms with E-state index in [4.69, 9.17) is 5.11 Å². The molecular formula is C12H20N2O3. The third-order valence-corrected chi connectivity index (χ3v) is 3.54. The minimum Gasteiger partial charge on any atom is -0.481 e. The highest BCUT2D eigenvalue weighted by Gasteiger charge is 2.33. The number of nitrogens with zero attached hydrogens (tertiary/aromatic N) is 1. The number of carbonyl (C=O) groups is 2. The predicted molar refractivity (Wildman–Crippen MR) is 62.7 cm³/mol. The van der Waals surface area contributed by atoms with Crippen molar-refractivity contribution in [1.82, 2.24) is 10.2 Å². The number of hydrogen-bond donors (Lipinski definition) is 2. The van der Waals surface area contributed by atoms with Gasteiger partial charge in [0.05, 0.1) is 6.42 Å². The van der Waals surface area contributed by atoms with E-state index in [0.29, 0.717) is 12.0 Å². The Hall–Kier alpha value is -1.26. The van der Waals surface area contributed by atoms with E-state index in [9.17, 15) is 9.59 Å². The van der Waals surface area contributed by atoms with Crippen molar-refractivity contribution < 1.29 is 14.7 Å². The monoisotopic (exact) mass is 240 g/mol. The van der Waals surface area contributed by atoms with E-state index in [-0.39, 0.29) is 19.0 Å². The van der Waals surface area contributed by atoms with E-state index < -0.39 is 5.97 Å². The highest BCUT2D eigenvalue weighted by molar-refractivity contribution is 5.75. The van der Waals surface area contributed by atoms with Gasteiger partial charge in [0.1, 0.15) is 0 Å². The highest BCUT2D eigenvalue weighted by Crippen LogP contribution is 2.33. The van der Waals surface area contributed by atoms with Crippen LogP contribution in [0.4, 0.5) is 4.79 Å². The topological polar surface area (TPSA) is 69.6 Å². The molecule has 96 valence electrons. The van der Waals surface area contributed by atoms with Gasteiger partial charge in [0, 0.05) is 19.1 Å². The maximum absolute atomic E-state index is 11.9. The second-order valence-corrected chi connectivity index (χ2v) is 5.06. The Bertz CT molecular complexity index is 298. The summed E-state index contributed by atoms with van der Waals surface area (Å²) in [5.74, 6) is -0.191. The number of carboxylic acid groups (broad SMARTS) is 1. The molecule has 0 radical (unpaired) electrons. The third-order valence-electron chi connectivity index (χ3n) is 3.54. The molecule has 0 bridgehead atoms. The quantitative estimate of drug-likeness (QED) is 0.738. The number of aliphatic carboxylic acids is 1. The molecule has 0 aromatic carbocycles. The molecule has 0 spiro atoms. The Morgan fingerprint density at radius 3 is 2.41 bits per heavy atom. The second-order valence-electron chi connectivity index (χ2n) is 5.06. The molecule has 2 aliphatic rings. The van der Waals surface area contributed by atoms with Crippen LogP contribution in [0.25, 0.3) is 0 Å². The fourth-order valence-corrected chi connectivity index (χ4v) is 2.05. The Balaban J connectivity index is 1.76. The zero-order valence-electron chi connectivity index (χ0n) is 10.0. The average molecular weight is 240 g/mol. The number of urea groups is 1. The summed E-state index contributed by atoms with van der Waals surface area (Å²) in [6, 6.07) is 0.309. The molecule has 0 aliphatic heterocycles. The molecule has 0 aromatic rings. The lowest BCUT2D eigenvalue weighted by atomic mass is 9.91. The van der Waals surface area contributed by atoms with Crippen molar-refractivity contribution in [3.05, 3.63) is 0 Å². The van der Waals surface area contributed by atoms with Crippen molar-refractivity contribution in [2.75, 3.05) is 13.1 Å². The van der Waals surface area contributed by atoms with Crippen LogP contribution < -0.4 is 5.32 Å². The summed E-state index contributed by atoms with van der Waals surface area (Å²) in [7, 11) is 0. The summed E-state index contributed by atoms with van der Waals surface area (Å²) in [6.07, 6.45) is 5.84. The number of carbonyl (C=O) groups excluding carboxylic acids is 1. The first-order chi connectivity index (χ1) is 8.16. The molecule has 2 N–H and O–H groups in total. The van der Waals surface area contributed by atoms with Crippen LogP contribution >= 0.6 is 0 Å². The lowest BCUT2D eigenvalue weighted by Crippen LogP contribution is -2.50. The average Bonchev–Trinajstić information content (AvgIpc) is 2.97. The van der Waals surface area contributed by atoms with Crippen LogP contribution in [0.15, 0.2) is 0 Å². The molecule has 0 unspecified atom stereocenters. The Kier molecular flexibility index (Phi) is 3.86. The van der Waals surface area contributed by atoms with Gasteiger partial charge < -0.3 is 15.3 Å². The van der Waals surface area contributed by atoms with Gasteiger partial charge in [0.25, 0.3) is 0 Å². The lowest BCUT2D eigenvalue weighted by Gasteiger charge is -2.37. The number of amides is 2. The SMILES string of the molecule is O=C(O)CCNC(=O)N(CC1CC1)C1CCC1. The fourth-order valence-electron chi connectivity index (χ4n) is 2.05. The van der Waals surface area contributed by atoms with Crippen LogP contribution in [-0.2, 0) is 4.79 Å². The molecule has 2 saturated carbocycles. The molecule has 5 nitrogen and oxygen atoms in total. The maximum atomic E-state index is 11.9. The first-order valence-electron chi connectivity index (χ1n) is 6.43. The number of carboxylic acids is 1. The minimum absolute atomic E-state index is 0.00627. The Labute approximate surface area is 101 Å². The van der Waals surface area contributed by atoms with Crippen molar-refractivity contribution in [3.63, 3.8) is 0 Å². The molecule has 2 fully saturated rings. The van der Waals surface area contributed by atoms with Crippen LogP contribution in [0.5, 0.6) is 0 Å². The summed E-state index contributed by atoms with van der Waals surface area (Å²) in [5, 5.41) is 11.2. The molecule has 0 atom stereocenters. The van der Waals surface area contributed by atoms with Crippen molar-refractivity contribution >= 4 is 12.0 Å². The van der Waals surface area contributed by atoms with Gasteiger partial charge >= 0.3 is 12.0 Å². The highest BCUT2D eigenvalue weighted by atomic mass is 16.4. The van der Waals surface area contributed by atoms with E-state index >= 15 is 0 Å². The smallest absolute Gasteiger partial charge is 0.317 e. The largest absolute Gasteiger partial charge is 0.481 e. The van der Waals surface area contributed by atoms with Crippen LogP contribution in [0.3, 0.4) is 0 Å². The fraction of sp³-hybridized carbons (Fsp3) is 0.833. The molecular weight excluding hydrogens is 220 g/mol. The van der Waals surface area contributed by atoms with Gasteiger partial charge in [-0.2, -0.15) is 0 Å². The zero-order chi connectivity index (χ0) is 12.3. The lowest BCUT2D eigenvalue weighted by molar-refractivity contribution is -0.136. The van der Waals surface area contributed by atoms with Gasteiger partial charge in [-0.15, -0.1) is 0 Å². The summed E-state index contributed by atoms with van der Waals surface area (Å²) in [5.41, 5.74) is 0. The van der Waals surface area contributed by atoms with E-state index in [1.165, 1.54) is 19.3 Å². The van der Waals surface area contributed by atoms with Gasteiger partial charge in [-0.1, -0.05) is 0 Å². The van der Waals surface area contributed by atoms with Crippen molar-refractivity contribution in [2.45, 2.75) is 44.6 Å². The number of nitrogens with one attached hydrogen (secondary N) is 1.